The number of aromatic nitrogens is 2. The summed E-state index contributed by atoms with van der Waals surface area (Å²) in [5.41, 5.74) is 2.55. The van der Waals surface area contributed by atoms with E-state index in [-0.39, 0.29) is 15.9 Å². The first-order valence-corrected chi connectivity index (χ1v) is 14.0. The lowest BCUT2D eigenvalue weighted by Crippen LogP contribution is -2.31. The number of rotatable bonds is 10. The first-order valence-electron chi connectivity index (χ1n) is 11.2. The number of carbonyl (C=O) groups excluding carboxylic acids is 1. The van der Waals surface area contributed by atoms with Crippen LogP contribution in [-0.2, 0) is 22.1 Å². The van der Waals surface area contributed by atoms with Crippen molar-refractivity contribution < 1.29 is 17.9 Å². The predicted octanol–water partition coefficient (Wildman–Crippen LogP) is 4.07. The zero-order valence-electron chi connectivity index (χ0n) is 20.2. The van der Waals surface area contributed by atoms with Crippen molar-refractivity contribution in [3.05, 3.63) is 75.8 Å². The number of ether oxygens (including phenoxy) is 1. The third kappa shape index (κ3) is 5.89. The van der Waals surface area contributed by atoms with E-state index in [4.69, 9.17) is 16.3 Å². The molecule has 0 bridgehead atoms. The second kappa shape index (κ2) is 11.0. The summed E-state index contributed by atoms with van der Waals surface area (Å²) in [6.45, 7) is 1.65. The number of nitrogens with zero attached hydrogens (tertiary/aromatic N) is 3. The Kier molecular flexibility index (Phi) is 7.99. The molecule has 2 heterocycles. The number of nitrogens with one attached hydrogen (secondary N) is 1. The number of hydrogen-bond donors (Lipinski definition) is 1. The van der Waals surface area contributed by atoms with E-state index in [1.54, 1.807) is 30.0 Å². The van der Waals surface area contributed by atoms with Crippen LogP contribution >= 0.6 is 22.9 Å². The summed E-state index contributed by atoms with van der Waals surface area (Å²) in [7, 11) is 1.79. The Labute approximate surface area is 219 Å². The normalized spacial score (nSPS) is 11.8. The van der Waals surface area contributed by atoms with Crippen LogP contribution in [0.4, 0.5) is 0 Å². The number of likely N-dealkylation sites (N-methyl/N-ethyl adjacent to an activating group) is 1. The molecule has 0 aliphatic rings. The summed E-state index contributed by atoms with van der Waals surface area (Å²) >= 11 is 6.99. The monoisotopic (exact) mass is 546 g/mol. The molecular formula is C25H27ClN4O4S2. The van der Waals surface area contributed by atoms with Gasteiger partial charge in [-0.1, -0.05) is 29.8 Å². The number of methoxy groups -OCH3 is 1. The molecule has 0 radical (unpaired) electrons. The van der Waals surface area contributed by atoms with Crippen LogP contribution < -0.4 is 10.1 Å². The van der Waals surface area contributed by atoms with Crippen LogP contribution in [-0.4, -0.2) is 63.3 Å². The van der Waals surface area contributed by atoms with E-state index >= 15 is 0 Å². The molecule has 0 spiro atoms. The lowest BCUT2D eigenvalue weighted by Gasteiger charge is -2.11. The minimum absolute atomic E-state index is 0.146. The Morgan fingerprint density at radius 2 is 1.94 bits per heavy atom. The van der Waals surface area contributed by atoms with Crippen LogP contribution in [0.5, 0.6) is 5.75 Å². The molecule has 11 heteroatoms. The fourth-order valence-corrected chi connectivity index (χ4v) is 6.71. The first kappa shape index (κ1) is 26.2. The quantitative estimate of drug-likeness (QED) is 0.322. The molecule has 0 atom stereocenters. The number of halogens is 1. The van der Waals surface area contributed by atoms with Crippen LogP contribution in [0, 0.1) is 0 Å². The molecular weight excluding hydrogens is 520 g/mol. The number of sulfone groups is 1. The molecule has 0 unspecified atom stereocenters. The Morgan fingerprint density at radius 1 is 1.17 bits per heavy atom. The van der Waals surface area contributed by atoms with Gasteiger partial charge in [-0.25, -0.2) is 8.42 Å². The molecule has 2 aromatic heterocycles. The maximum absolute atomic E-state index is 13.1. The van der Waals surface area contributed by atoms with E-state index in [1.807, 2.05) is 49.3 Å². The van der Waals surface area contributed by atoms with Crippen molar-refractivity contribution in [2.45, 2.75) is 16.5 Å². The van der Waals surface area contributed by atoms with Crippen molar-refractivity contribution in [1.29, 1.82) is 0 Å². The summed E-state index contributed by atoms with van der Waals surface area (Å²) in [5.74, 6) is 0.108. The van der Waals surface area contributed by atoms with Crippen LogP contribution in [0.25, 0.3) is 10.9 Å². The van der Waals surface area contributed by atoms with Gasteiger partial charge in [-0.05, 0) is 56.1 Å². The van der Waals surface area contributed by atoms with Crippen molar-refractivity contribution in [1.82, 2.24) is 20.0 Å². The highest BCUT2D eigenvalue weighted by atomic mass is 35.5. The minimum Gasteiger partial charge on any atom is -0.496 e. The van der Waals surface area contributed by atoms with Crippen molar-refractivity contribution in [3.8, 4) is 5.75 Å². The van der Waals surface area contributed by atoms with Gasteiger partial charge in [-0.3, -0.25) is 9.48 Å². The number of carbonyl (C=O) groups is 1. The molecule has 0 saturated carbocycles. The molecule has 0 aliphatic carbocycles. The highest BCUT2D eigenvalue weighted by Crippen LogP contribution is 2.33. The predicted molar refractivity (Wildman–Crippen MR) is 143 cm³/mol. The SMILES string of the molecule is COc1cccc2c1c(CS(=O)(=O)c1ccc(Cl)s1)nn2Cc1cccc(C(=O)NCCN(C)C)c1. The number of amides is 1. The van der Waals surface area contributed by atoms with E-state index < -0.39 is 9.84 Å². The van der Waals surface area contributed by atoms with E-state index in [2.05, 4.69) is 10.4 Å². The Balaban J connectivity index is 1.65. The van der Waals surface area contributed by atoms with Gasteiger partial charge >= 0.3 is 0 Å². The van der Waals surface area contributed by atoms with E-state index in [1.165, 1.54) is 6.07 Å². The summed E-state index contributed by atoms with van der Waals surface area (Å²) in [6, 6.07) is 15.9. The summed E-state index contributed by atoms with van der Waals surface area (Å²) in [6.07, 6.45) is 0. The number of benzene rings is 2. The summed E-state index contributed by atoms with van der Waals surface area (Å²) in [4.78, 5) is 14.6. The van der Waals surface area contributed by atoms with Gasteiger partial charge in [0.25, 0.3) is 5.91 Å². The lowest BCUT2D eigenvalue weighted by molar-refractivity contribution is 0.0951. The standard InChI is InChI=1S/C25H27ClN4O4S2/c1-29(2)13-12-27-25(31)18-7-4-6-17(14-18)15-30-20-8-5-9-21(34-3)24(20)19(28-30)16-36(32,33)23-11-10-22(26)35-23/h4-11,14H,12-13,15-16H2,1-3H3,(H,27,31). The number of hydrogen-bond acceptors (Lipinski definition) is 7. The molecule has 8 nitrogen and oxygen atoms in total. The van der Waals surface area contributed by atoms with Gasteiger partial charge in [0, 0.05) is 18.7 Å². The topological polar surface area (TPSA) is 93.5 Å². The van der Waals surface area contributed by atoms with Crippen molar-refractivity contribution >= 4 is 49.6 Å². The molecule has 1 N–H and O–H groups in total. The van der Waals surface area contributed by atoms with Crippen LogP contribution in [0.3, 0.4) is 0 Å². The second-order valence-electron chi connectivity index (χ2n) is 8.54. The smallest absolute Gasteiger partial charge is 0.251 e. The van der Waals surface area contributed by atoms with Crippen molar-refractivity contribution in [2.24, 2.45) is 0 Å². The fraction of sp³-hybridized carbons (Fsp3) is 0.280. The van der Waals surface area contributed by atoms with Gasteiger partial charge in [-0.15, -0.1) is 11.3 Å². The molecule has 0 fully saturated rings. The highest BCUT2D eigenvalue weighted by molar-refractivity contribution is 7.92. The molecule has 4 aromatic rings. The minimum atomic E-state index is -3.66. The van der Waals surface area contributed by atoms with Crippen LogP contribution in [0.15, 0.2) is 58.8 Å². The number of thiophene rings is 1. The Bertz CT molecular complexity index is 1490. The average molecular weight is 547 g/mol. The highest BCUT2D eigenvalue weighted by Gasteiger charge is 2.24. The maximum atomic E-state index is 13.1. The summed E-state index contributed by atoms with van der Waals surface area (Å²) < 4.78 is 34.1. The van der Waals surface area contributed by atoms with Gasteiger partial charge in [0.05, 0.1) is 34.6 Å². The van der Waals surface area contributed by atoms with Crippen molar-refractivity contribution in [2.75, 3.05) is 34.3 Å². The molecule has 4 rings (SSSR count). The maximum Gasteiger partial charge on any atom is 0.251 e. The number of fused-ring (bicyclic) bond motifs is 1. The molecule has 1 amide bonds. The molecule has 0 saturated heterocycles. The fourth-order valence-electron chi connectivity index (χ4n) is 3.86. The first-order chi connectivity index (χ1) is 17.2. The van der Waals surface area contributed by atoms with Crippen LogP contribution in [0.1, 0.15) is 21.6 Å². The Hall–Kier alpha value is -2.92. The van der Waals surface area contributed by atoms with Crippen molar-refractivity contribution in [3.63, 3.8) is 0 Å². The molecule has 190 valence electrons. The Morgan fingerprint density at radius 3 is 2.64 bits per heavy atom. The van der Waals surface area contributed by atoms with Gasteiger partial charge in [-0.2, -0.15) is 5.10 Å². The molecule has 2 aromatic carbocycles. The molecule has 0 aliphatic heterocycles. The second-order valence-corrected chi connectivity index (χ2v) is 12.5. The zero-order valence-corrected chi connectivity index (χ0v) is 22.6. The largest absolute Gasteiger partial charge is 0.496 e. The summed E-state index contributed by atoms with van der Waals surface area (Å²) in [5, 5.41) is 8.24. The third-order valence-corrected chi connectivity index (χ3v) is 9.02. The lowest BCUT2D eigenvalue weighted by atomic mass is 10.1. The zero-order chi connectivity index (χ0) is 25.9. The van der Waals surface area contributed by atoms with E-state index in [0.29, 0.717) is 39.8 Å². The van der Waals surface area contributed by atoms with Gasteiger partial charge in [0.15, 0.2) is 9.84 Å². The molecule has 36 heavy (non-hydrogen) atoms. The van der Waals surface area contributed by atoms with Crippen LogP contribution in [0.2, 0.25) is 4.34 Å². The van der Waals surface area contributed by atoms with Gasteiger partial charge < -0.3 is 15.0 Å². The van der Waals surface area contributed by atoms with Gasteiger partial charge in [0.1, 0.15) is 15.7 Å². The van der Waals surface area contributed by atoms with E-state index in [9.17, 15) is 13.2 Å². The third-order valence-electron chi connectivity index (χ3n) is 5.58. The van der Waals surface area contributed by atoms with E-state index in [0.717, 1.165) is 29.0 Å². The average Bonchev–Trinajstić information content (AvgIpc) is 3.43. The van der Waals surface area contributed by atoms with Gasteiger partial charge in [0.2, 0.25) is 0 Å².